The zero-order chi connectivity index (χ0) is 14.5. The number of rotatable bonds is 7. The summed E-state index contributed by atoms with van der Waals surface area (Å²) in [5.41, 5.74) is 7.23. The molecule has 0 bridgehead atoms. The quantitative estimate of drug-likeness (QED) is 0.457. The molecule has 0 unspecified atom stereocenters. The minimum atomic E-state index is -0.397. The van der Waals surface area contributed by atoms with Crippen molar-refractivity contribution in [3.63, 3.8) is 0 Å². The van der Waals surface area contributed by atoms with Crippen molar-refractivity contribution >= 4 is 28.9 Å². The summed E-state index contributed by atoms with van der Waals surface area (Å²) in [4.78, 5) is 11.9. The van der Waals surface area contributed by atoms with Crippen LogP contribution in [-0.2, 0) is 4.74 Å². The van der Waals surface area contributed by atoms with E-state index in [0.717, 1.165) is 18.9 Å². The highest BCUT2D eigenvalue weighted by Crippen LogP contribution is 2.34. The van der Waals surface area contributed by atoms with Gasteiger partial charge in [0.1, 0.15) is 0 Å². The van der Waals surface area contributed by atoms with Gasteiger partial charge in [-0.25, -0.2) is 4.79 Å². The Morgan fingerprint density at radius 2 is 2.25 bits per heavy atom. The zero-order valence-electron chi connectivity index (χ0n) is 11.7. The van der Waals surface area contributed by atoms with Gasteiger partial charge in [-0.15, -0.1) is 0 Å². The number of carbonyl (C=O) groups excluding carboxylic acids is 1. The van der Waals surface area contributed by atoms with Crippen LogP contribution in [-0.4, -0.2) is 19.1 Å². The summed E-state index contributed by atoms with van der Waals surface area (Å²) in [6, 6.07) is 3.25. The molecule has 0 atom stereocenters. The minimum Gasteiger partial charge on any atom is -0.462 e. The Hall–Kier alpha value is -1.42. The van der Waals surface area contributed by atoms with Crippen molar-refractivity contribution < 1.29 is 9.53 Å². The van der Waals surface area contributed by atoms with Crippen LogP contribution in [0.1, 0.15) is 43.0 Å². The van der Waals surface area contributed by atoms with Crippen molar-refractivity contribution in [3.8, 4) is 0 Å². The van der Waals surface area contributed by atoms with Crippen molar-refractivity contribution in [2.45, 2.75) is 32.6 Å². The number of nitrogen functional groups attached to an aromatic ring is 1. The molecule has 1 aromatic rings. The maximum absolute atomic E-state index is 11.9. The van der Waals surface area contributed by atoms with Crippen LogP contribution in [0.15, 0.2) is 12.1 Å². The molecule has 3 N–H and O–H groups in total. The van der Waals surface area contributed by atoms with E-state index < -0.39 is 5.97 Å². The fourth-order valence-electron chi connectivity index (χ4n) is 2.19. The molecule has 1 fully saturated rings. The van der Waals surface area contributed by atoms with E-state index in [0.29, 0.717) is 28.6 Å². The Morgan fingerprint density at radius 3 is 2.90 bits per heavy atom. The van der Waals surface area contributed by atoms with Gasteiger partial charge in [0.2, 0.25) is 0 Å². The number of esters is 1. The summed E-state index contributed by atoms with van der Waals surface area (Å²) in [6.45, 7) is 2.90. The summed E-state index contributed by atoms with van der Waals surface area (Å²) >= 11 is 6.18. The number of benzene rings is 1. The summed E-state index contributed by atoms with van der Waals surface area (Å²) < 4.78 is 5.04. The van der Waals surface area contributed by atoms with Crippen LogP contribution in [0.5, 0.6) is 0 Å². The summed E-state index contributed by atoms with van der Waals surface area (Å²) in [7, 11) is 0. The van der Waals surface area contributed by atoms with Gasteiger partial charge in [0.05, 0.1) is 22.9 Å². The highest BCUT2D eigenvalue weighted by Gasteiger charge is 2.20. The smallest absolute Gasteiger partial charge is 0.340 e. The molecular weight excluding hydrogens is 276 g/mol. The maximum atomic E-state index is 11.9. The Kier molecular flexibility index (Phi) is 5.12. The number of carbonyl (C=O) groups is 1. The van der Waals surface area contributed by atoms with Gasteiger partial charge in [0, 0.05) is 12.2 Å². The van der Waals surface area contributed by atoms with Crippen LogP contribution in [0.2, 0.25) is 5.02 Å². The number of nitrogens with two attached hydrogens (primary N) is 1. The molecule has 0 radical (unpaired) electrons. The SMILES string of the molecule is CCOC(=O)c1cc(N)cc(Cl)c1NCCCC1CC1. The Bertz CT molecular complexity index is 487. The molecular formula is C15H21ClN2O2. The van der Waals surface area contributed by atoms with Gasteiger partial charge in [-0.05, 0) is 37.8 Å². The van der Waals surface area contributed by atoms with E-state index in [9.17, 15) is 4.79 Å². The van der Waals surface area contributed by atoms with Gasteiger partial charge in [-0.3, -0.25) is 0 Å². The van der Waals surface area contributed by atoms with Crippen molar-refractivity contribution in [3.05, 3.63) is 22.7 Å². The first-order valence-corrected chi connectivity index (χ1v) is 7.49. The molecule has 0 spiro atoms. The molecule has 1 saturated carbocycles. The highest BCUT2D eigenvalue weighted by atomic mass is 35.5. The number of nitrogens with one attached hydrogen (secondary N) is 1. The van der Waals surface area contributed by atoms with Crippen molar-refractivity contribution in [2.75, 3.05) is 24.2 Å². The molecule has 0 saturated heterocycles. The lowest BCUT2D eigenvalue weighted by Crippen LogP contribution is -2.12. The van der Waals surface area contributed by atoms with Gasteiger partial charge in [-0.2, -0.15) is 0 Å². The molecule has 0 aromatic heterocycles. The van der Waals surface area contributed by atoms with Crippen LogP contribution in [0.3, 0.4) is 0 Å². The van der Waals surface area contributed by atoms with Gasteiger partial charge in [-0.1, -0.05) is 24.4 Å². The second-order valence-electron chi connectivity index (χ2n) is 5.16. The lowest BCUT2D eigenvalue weighted by atomic mass is 10.1. The molecule has 1 aliphatic carbocycles. The second-order valence-corrected chi connectivity index (χ2v) is 5.57. The summed E-state index contributed by atoms with van der Waals surface area (Å²) in [5, 5.41) is 3.70. The Labute approximate surface area is 124 Å². The summed E-state index contributed by atoms with van der Waals surface area (Å²) in [6.07, 6.45) is 5.02. The molecule has 4 nitrogen and oxygen atoms in total. The molecule has 20 heavy (non-hydrogen) atoms. The van der Waals surface area contributed by atoms with Gasteiger partial charge in [0.25, 0.3) is 0 Å². The first-order valence-electron chi connectivity index (χ1n) is 7.11. The Morgan fingerprint density at radius 1 is 1.50 bits per heavy atom. The van der Waals surface area contributed by atoms with E-state index in [2.05, 4.69) is 5.32 Å². The fourth-order valence-corrected chi connectivity index (χ4v) is 2.48. The first-order chi connectivity index (χ1) is 9.61. The normalized spacial score (nSPS) is 14.1. The van der Waals surface area contributed by atoms with E-state index in [1.165, 1.54) is 19.3 Å². The van der Waals surface area contributed by atoms with Crippen LogP contribution in [0.25, 0.3) is 0 Å². The lowest BCUT2D eigenvalue weighted by molar-refractivity contribution is 0.0527. The second kappa shape index (κ2) is 6.84. The first kappa shape index (κ1) is 15.0. The standard InChI is InChI=1S/C15H21ClN2O2/c1-2-20-15(19)12-8-11(17)9-13(16)14(12)18-7-3-4-10-5-6-10/h8-10,18H,2-7,17H2,1H3. The predicted octanol–water partition coefficient (Wildman–Crippen LogP) is 3.70. The number of anilines is 2. The van der Waals surface area contributed by atoms with Crippen molar-refractivity contribution in [2.24, 2.45) is 5.92 Å². The topological polar surface area (TPSA) is 64.3 Å². The van der Waals surface area contributed by atoms with Crippen LogP contribution in [0.4, 0.5) is 11.4 Å². The molecule has 0 heterocycles. The third-order valence-corrected chi connectivity index (χ3v) is 3.69. The van der Waals surface area contributed by atoms with Gasteiger partial charge in [0.15, 0.2) is 0 Å². The number of hydrogen-bond donors (Lipinski definition) is 2. The molecule has 5 heteroatoms. The maximum Gasteiger partial charge on any atom is 0.340 e. The number of hydrogen-bond acceptors (Lipinski definition) is 4. The molecule has 0 amide bonds. The summed E-state index contributed by atoms with van der Waals surface area (Å²) in [5.74, 6) is 0.509. The predicted molar refractivity (Wildman–Crippen MR) is 82.3 cm³/mol. The average molecular weight is 297 g/mol. The van der Waals surface area contributed by atoms with E-state index in [4.69, 9.17) is 22.1 Å². The fraction of sp³-hybridized carbons (Fsp3) is 0.533. The average Bonchev–Trinajstić information content (AvgIpc) is 3.20. The molecule has 1 aromatic carbocycles. The lowest BCUT2D eigenvalue weighted by Gasteiger charge is -2.14. The van der Waals surface area contributed by atoms with Gasteiger partial charge >= 0.3 is 5.97 Å². The van der Waals surface area contributed by atoms with Crippen molar-refractivity contribution in [1.82, 2.24) is 0 Å². The third-order valence-electron chi connectivity index (χ3n) is 3.40. The van der Waals surface area contributed by atoms with E-state index in [-0.39, 0.29) is 0 Å². The minimum absolute atomic E-state index is 0.326. The molecule has 110 valence electrons. The monoisotopic (exact) mass is 296 g/mol. The number of halogens is 1. The van der Waals surface area contributed by atoms with Crippen LogP contribution in [0, 0.1) is 5.92 Å². The van der Waals surface area contributed by atoms with E-state index >= 15 is 0 Å². The molecule has 2 rings (SSSR count). The molecule has 0 aliphatic heterocycles. The Balaban J connectivity index is 2.05. The highest BCUT2D eigenvalue weighted by molar-refractivity contribution is 6.34. The largest absolute Gasteiger partial charge is 0.462 e. The van der Waals surface area contributed by atoms with E-state index in [1.54, 1.807) is 19.1 Å². The van der Waals surface area contributed by atoms with Crippen molar-refractivity contribution in [1.29, 1.82) is 0 Å². The van der Waals surface area contributed by atoms with Crippen LogP contribution < -0.4 is 11.1 Å². The zero-order valence-corrected chi connectivity index (χ0v) is 12.5. The third kappa shape index (κ3) is 4.04. The van der Waals surface area contributed by atoms with E-state index in [1.807, 2.05) is 0 Å². The molecule has 1 aliphatic rings. The number of ether oxygens (including phenoxy) is 1. The van der Waals surface area contributed by atoms with Crippen LogP contribution >= 0.6 is 11.6 Å². The van der Waals surface area contributed by atoms with Gasteiger partial charge < -0.3 is 15.8 Å².